The molecule has 2 aromatic rings. The Kier molecular flexibility index (Phi) is 3.88. The number of aromatic amines is 1. The van der Waals surface area contributed by atoms with Gasteiger partial charge in [-0.1, -0.05) is 36.8 Å². The Morgan fingerprint density at radius 1 is 1.29 bits per heavy atom. The second kappa shape index (κ2) is 5.59. The highest BCUT2D eigenvalue weighted by atomic mass is 15.2. The number of nitrogens with zero attached hydrogens (tertiary/aromatic N) is 2. The van der Waals surface area contributed by atoms with E-state index in [-0.39, 0.29) is 0 Å². The minimum atomic E-state index is 0.362. The van der Waals surface area contributed by atoms with Gasteiger partial charge in [0.15, 0.2) is 0 Å². The number of hydrogen-bond acceptors (Lipinski definition) is 3. The molecule has 0 aliphatic carbocycles. The van der Waals surface area contributed by atoms with Gasteiger partial charge in [-0.2, -0.15) is 5.10 Å². The summed E-state index contributed by atoms with van der Waals surface area (Å²) in [4.78, 5) is 4.10. The zero-order valence-electron chi connectivity index (χ0n) is 10.3. The summed E-state index contributed by atoms with van der Waals surface area (Å²) in [7, 11) is 0. The van der Waals surface area contributed by atoms with Crippen LogP contribution in [0.3, 0.4) is 0 Å². The number of hydrogen-bond donors (Lipinski definition) is 2. The molecule has 1 atom stereocenters. The summed E-state index contributed by atoms with van der Waals surface area (Å²) >= 11 is 0. The van der Waals surface area contributed by atoms with Gasteiger partial charge in [0.2, 0.25) is 0 Å². The van der Waals surface area contributed by atoms with Crippen molar-refractivity contribution >= 4 is 0 Å². The van der Waals surface area contributed by atoms with E-state index in [1.165, 1.54) is 17.5 Å². The van der Waals surface area contributed by atoms with Gasteiger partial charge >= 0.3 is 0 Å². The first-order chi connectivity index (χ1) is 8.29. The fourth-order valence-electron chi connectivity index (χ4n) is 1.83. The molecule has 0 spiro atoms. The highest BCUT2D eigenvalue weighted by molar-refractivity contribution is 5.24. The molecule has 1 unspecified atom stereocenters. The van der Waals surface area contributed by atoms with Crippen molar-refractivity contribution in [1.82, 2.24) is 20.5 Å². The first-order valence-corrected chi connectivity index (χ1v) is 5.93. The number of aryl methyl sites for hydroxylation is 1. The fourth-order valence-corrected chi connectivity index (χ4v) is 1.83. The van der Waals surface area contributed by atoms with Crippen molar-refractivity contribution in [2.45, 2.75) is 32.9 Å². The second-order valence-electron chi connectivity index (χ2n) is 4.18. The van der Waals surface area contributed by atoms with Crippen molar-refractivity contribution in [2.24, 2.45) is 0 Å². The van der Waals surface area contributed by atoms with Crippen LogP contribution in [0.1, 0.15) is 36.3 Å². The molecule has 0 saturated carbocycles. The Balaban J connectivity index is 1.99. The van der Waals surface area contributed by atoms with Crippen LogP contribution in [0.25, 0.3) is 0 Å². The first-order valence-electron chi connectivity index (χ1n) is 5.93. The summed E-state index contributed by atoms with van der Waals surface area (Å²) in [5, 5.41) is 10.2. The summed E-state index contributed by atoms with van der Waals surface area (Å²) in [6.07, 6.45) is 2.58. The lowest BCUT2D eigenvalue weighted by atomic mass is 10.0. The lowest BCUT2D eigenvalue weighted by Crippen LogP contribution is -2.20. The van der Waals surface area contributed by atoms with E-state index in [1.54, 1.807) is 0 Å². The average molecular weight is 230 g/mol. The van der Waals surface area contributed by atoms with Crippen LogP contribution in [0.5, 0.6) is 0 Å². The minimum absolute atomic E-state index is 0.362. The van der Waals surface area contributed by atoms with Crippen molar-refractivity contribution in [1.29, 1.82) is 0 Å². The van der Waals surface area contributed by atoms with Crippen LogP contribution in [-0.2, 0) is 6.54 Å². The molecule has 0 aliphatic rings. The summed E-state index contributed by atoms with van der Waals surface area (Å²) < 4.78 is 0. The number of rotatable bonds is 5. The molecule has 90 valence electrons. The predicted molar refractivity (Wildman–Crippen MR) is 67.4 cm³/mol. The highest BCUT2D eigenvalue weighted by Gasteiger charge is 2.08. The van der Waals surface area contributed by atoms with Crippen molar-refractivity contribution in [3.63, 3.8) is 0 Å². The van der Waals surface area contributed by atoms with E-state index in [0.29, 0.717) is 12.6 Å². The number of benzene rings is 1. The Labute approximate surface area is 101 Å². The molecule has 2 rings (SSSR count). The number of aromatic nitrogens is 3. The highest BCUT2D eigenvalue weighted by Crippen LogP contribution is 2.17. The third-order valence-corrected chi connectivity index (χ3v) is 2.87. The van der Waals surface area contributed by atoms with E-state index in [1.807, 2.05) is 0 Å². The normalized spacial score (nSPS) is 12.6. The summed E-state index contributed by atoms with van der Waals surface area (Å²) in [6.45, 7) is 5.00. The molecule has 1 aromatic carbocycles. The zero-order valence-corrected chi connectivity index (χ0v) is 10.3. The standard InChI is InChI=1S/C13H18N4/c1-3-12(11-6-4-10(2)5-7-11)14-8-13-15-9-16-17-13/h4-7,9,12,14H,3,8H2,1-2H3,(H,15,16,17). The van der Waals surface area contributed by atoms with Crippen LogP contribution in [-0.4, -0.2) is 15.2 Å². The molecular weight excluding hydrogens is 212 g/mol. The average Bonchev–Trinajstić information content (AvgIpc) is 2.85. The molecule has 17 heavy (non-hydrogen) atoms. The Hall–Kier alpha value is -1.68. The molecule has 0 radical (unpaired) electrons. The third kappa shape index (κ3) is 3.14. The maximum absolute atomic E-state index is 4.10. The largest absolute Gasteiger partial charge is 0.303 e. The van der Waals surface area contributed by atoms with Gasteiger partial charge < -0.3 is 5.32 Å². The molecule has 0 aliphatic heterocycles. The van der Waals surface area contributed by atoms with Gasteiger partial charge in [-0.05, 0) is 18.9 Å². The zero-order chi connectivity index (χ0) is 12.1. The fraction of sp³-hybridized carbons (Fsp3) is 0.385. The molecule has 0 saturated heterocycles. The molecule has 0 amide bonds. The predicted octanol–water partition coefficient (Wildman–Crippen LogP) is 2.35. The Bertz CT molecular complexity index is 433. The van der Waals surface area contributed by atoms with Crippen LogP contribution in [0.4, 0.5) is 0 Å². The molecule has 1 heterocycles. The molecule has 4 nitrogen and oxygen atoms in total. The molecule has 2 N–H and O–H groups in total. The number of nitrogens with one attached hydrogen (secondary N) is 2. The molecule has 0 fully saturated rings. The van der Waals surface area contributed by atoms with Gasteiger partial charge in [0.05, 0.1) is 6.54 Å². The maximum Gasteiger partial charge on any atom is 0.138 e. The van der Waals surface area contributed by atoms with Crippen LogP contribution in [0, 0.1) is 6.92 Å². The summed E-state index contributed by atoms with van der Waals surface area (Å²) in [5.74, 6) is 0.871. The van der Waals surface area contributed by atoms with Crippen molar-refractivity contribution in [3.8, 4) is 0 Å². The first kappa shape index (κ1) is 11.8. The molecular formula is C13H18N4. The van der Waals surface area contributed by atoms with E-state index in [0.717, 1.165) is 12.2 Å². The third-order valence-electron chi connectivity index (χ3n) is 2.87. The number of H-pyrrole nitrogens is 1. The van der Waals surface area contributed by atoms with Crippen LogP contribution in [0.2, 0.25) is 0 Å². The molecule has 4 heteroatoms. The van der Waals surface area contributed by atoms with Gasteiger partial charge in [-0.25, -0.2) is 4.98 Å². The Morgan fingerprint density at radius 3 is 2.65 bits per heavy atom. The van der Waals surface area contributed by atoms with Crippen LogP contribution >= 0.6 is 0 Å². The summed E-state index contributed by atoms with van der Waals surface area (Å²) in [5.41, 5.74) is 2.61. The van der Waals surface area contributed by atoms with E-state index in [2.05, 4.69) is 58.6 Å². The minimum Gasteiger partial charge on any atom is -0.303 e. The Morgan fingerprint density at radius 2 is 2.06 bits per heavy atom. The lowest BCUT2D eigenvalue weighted by molar-refractivity contribution is 0.509. The van der Waals surface area contributed by atoms with Gasteiger partial charge in [0, 0.05) is 6.04 Å². The van der Waals surface area contributed by atoms with E-state index in [4.69, 9.17) is 0 Å². The van der Waals surface area contributed by atoms with Gasteiger partial charge in [-0.15, -0.1) is 0 Å². The monoisotopic (exact) mass is 230 g/mol. The van der Waals surface area contributed by atoms with E-state index in [9.17, 15) is 0 Å². The van der Waals surface area contributed by atoms with Crippen molar-refractivity contribution in [3.05, 3.63) is 47.5 Å². The van der Waals surface area contributed by atoms with Gasteiger partial charge in [0.1, 0.15) is 12.2 Å². The molecule has 0 bridgehead atoms. The summed E-state index contributed by atoms with van der Waals surface area (Å²) in [6, 6.07) is 9.01. The smallest absolute Gasteiger partial charge is 0.138 e. The second-order valence-corrected chi connectivity index (χ2v) is 4.18. The van der Waals surface area contributed by atoms with E-state index < -0.39 is 0 Å². The van der Waals surface area contributed by atoms with Gasteiger partial charge in [0.25, 0.3) is 0 Å². The lowest BCUT2D eigenvalue weighted by Gasteiger charge is -2.16. The SMILES string of the molecule is CCC(NCc1ncn[nH]1)c1ccc(C)cc1. The van der Waals surface area contributed by atoms with Crippen LogP contribution < -0.4 is 5.32 Å². The quantitative estimate of drug-likeness (QED) is 0.829. The van der Waals surface area contributed by atoms with Crippen molar-refractivity contribution in [2.75, 3.05) is 0 Å². The van der Waals surface area contributed by atoms with Gasteiger partial charge in [-0.3, -0.25) is 5.10 Å². The topological polar surface area (TPSA) is 53.6 Å². The molecule has 1 aromatic heterocycles. The maximum atomic E-state index is 4.10. The van der Waals surface area contributed by atoms with Crippen molar-refractivity contribution < 1.29 is 0 Å². The van der Waals surface area contributed by atoms with Crippen LogP contribution in [0.15, 0.2) is 30.6 Å². The van der Waals surface area contributed by atoms with E-state index >= 15 is 0 Å².